The molecule has 3 unspecified atom stereocenters. The van der Waals surface area contributed by atoms with E-state index in [1.165, 1.54) is 104 Å². The lowest BCUT2D eigenvalue weighted by Gasteiger charge is -2.51. The summed E-state index contributed by atoms with van der Waals surface area (Å²) in [6.07, 6.45) is 12.0. The Morgan fingerprint density at radius 2 is 1.27 bits per heavy atom. The van der Waals surface area contributed by atoms with Crippen LogP contribution in [0, 0.1) is 29.6 Å². The number of benzene rings is 3. The molecule has 4 aromatic rings. The number of anilines is 4. The highest BCUT2D eigenvalue weighted by Crippen LogP contribution is 2.65. The van der Waals surface area contributed by atoms with Gasteiger partial charge in [-0.05, 0) is 153 Å². The molecule has 6 aliphatic rings. The van der Waals surface area contributed by atoms with E-state index in [1.54, 1.807) is 5.57 Å². The van der Waals surface area contributed by atoms with Crippen molar-refractivity contribution >= 4 is 28.8 Å². The Kier molecular flexibility index (Phi) is 8.87. The summed E-state index contributed by atoms with van der Waals surface area (Å²) in [6.45, 7) is 38.7. The largest absolute Gasteiger partial charge is 0.458 e. The van der Waals surface area contributed by atoms with E-state index in [2.05, 4.69) is 187 Å². The normalized spacial score (nSPS) is 25.1. The third kappa shape index (κ3) is 6.16. The molecule has 3 heteroatoms. The van der Waals surface area contributed by atoms with Crippen LogP contribution < -0.4 is 9.80 Å². The van der Waals surface area contributed by atoms with Crippen molar-refractivity contribution in [3.63, 3.8) is 0 Å². The average Bonchev–Trinajstić information content (AvgIpc) is 3.55. The number of allylic oxidation sites excluding steroid dienone is 4. The summed E-state index contributed by atoms with van der Waals surface area (Å²) in [4.78, 5) is 5.39. The van der Waals surface area contributed by atoms with Crippen LogP contribution in [0.2, 0.25) is 0 Å². The van der Waals surface area contributed by atoms with Gasteiger partial charge in [-0.2, -0.15) is 0 Å². The summed E-state index contributed by atoms with van der Waals surface area (Å²) in [6, 6.07) is 22.1. The van der Waals surface area contributed by atoms with Gasteiger partial charge in [-0.15, -0.1) is 0 Å². The lowest BCUT2D eigenvalue weighted by molar-refractivity contribution is 0.123. The maximum atomic E-state index is 7.66. The van der Waals surface area contributed by atoms with Gasteiger partial charge in [0.25, 0.3) is 0 Å². The summed E-state index contributed by atoms with van der Waals surface area (Å²) in [7, 11) is 0. The molecule has 0 saturated heterocycles. The van der Waals surface area contributed by atoms with Crippen LogP contribution in [0.3, 0.4) is 0 Å². The second-order valence-electron chi connectivity index (χ2n) is 25.4. The SMILES string of the molecule is Cc1cc(C(C)(C)C)ccc1N1C2=CC(C)CC3=C2C(c2cc4c(cc2N3c2ccc(C(C)(C)C)cc2)C(C)(C)CCC4(C)C)c2oc3c(c21)CC1C(=C3)C(C)(C)CCC1(C)C. The molecule has 4 aliphatic carbocycles. The van der Waals surface area contributed by atoms with Gasteiger partial charge in [0.1, 0.15) is 11.5 Å². The highest BCUT2D eigenvalue weighted by atomic mass is 16.3. The van der Waals surface area contributed by atoms with Gasteiger partial charge in [-0.3, -0.25) is 0 Å². The van der Waals surface area contributed by atoms with Crippen molar-refractivity contribution < 1.29 is 4.42 Å². The summed E-state index contributed by atoms with van der Waals surface area (Å²) in [5.74, 6) is 3.04. The number of hydrogen-bond donors (Lipinski definition) is 0. The van der Waals surface area contributed by atoms with E-state index in [9.17, 15) is 0 Å². The third-order valence-corrected chi connectivity index (χ3v) is 16.9. The molecule has 1 aromatic heterocycles. The topological polar surface area (TPSA) is 19.6 Å². The molecule has 0 spiro atoms. The first-order valence-corrected chi connectivity index (χ1v) is 24.1. The molecule has 3 heterocycles. The zero-order chi connectivity index (χ0) is 44.4. The van der Waals surface area contributed by atoms with Gasteiger partial charge in [-0.25, -0.2) is 0 Å². The van der Waals surface area contributed by atoms with Crippen molar-refractivity contribution in [2.75, 3.05) is 9.80 Å². The molecule has 10 rings (SSSR count). The van der Waals surface area contributed by atoms with Crippen LogP contribution in [0.5, 0.6) is 0 Å². The number of furan rings is 1. The molecular formula is C59H74N2O. The second kappa shape index (κ2) is 13.2. The van der Waals surface area contributed by atoms with Gasteiger partial charge < -0.3 is 14.2 Å². The second-order valence-corrected chi connectivity index (χ2v) is 25.4. The molecule has 3 nitrogen and oxygen atoms in total. The molecule has 1 fully saturated rings. The number of nitrogens with zero attached hydrogens (tertiary/aromatic N) is 2. The molecule has 0 N–H and O–H groups in total. The van der Waals surface area contributed by atoms with Crippen LogP contribution in [0.1, 0.15) is 192 Å². The minimum absolute atomic E-state index is 0.0116. The van der Waals surface area contributed by atoms with Crippen LogP contribution in [0.4, 0.5) is 22.7 Å². The molecule has 1 saturated carbocycles. The Labute approximate surface area is 374 Å². The van der Waals surface area contributed by atoms with Gasteiger partial charge in [0.2, 0.25) is 0 Å². The number of fused-ring (bicyclic) bond motifs is 8. The van der Waals surface area contributed by atoms with E-state index in [4.69, 9.17) is 4.42 Å². The van der Waals surface area contributed by atoms with E-state index in [-0.39, 0.29) is 38.4 Å². The zero-order valence-corrected chi connectivity index (χ0v) is 41.1. The van der Waals surface area contributed by atoms with E-state index in [0.29, 0.717) is 11.8 Å². The first-order valence-electron chi connectivity index (χ1n) is 24.1. The minimum Gasteiger partial charge on any atom is -0.458 e. The monoisotopic (exact) mass is 827 g/mol. The fourth-order valence-corrected chi connectivity index (χ4v) is 12.6. The molecule has 62 heavy (non-hydrogen) atoms. The summed E-state index contributed by atoms with van der Waals surface area (Å²) >= 11 is 0. The van der Waals surface area contributed by atoms with Gasteiger partial charge in [0.05, 0.1) is 17.3 Å². The fourth-order valence-electron chi connectivity index (χ4n) is 12.6. The molecule has 326 valence electrons. The summed E-state index contributed by atoms with van der Waals surface area (Å²) < 4.78 is 7.66. The predicted molar refractivity (Wildman–Crippen MR) is 262 cm³/mol. The van der Waals surface area contributed by atoms with E-state index in [0.717, 1.165) is 24.4 Å². The smallest absolute Gasteiger partial charge is 0.141 e. The van der Waals surface area contributed by atoms with E-state index < -0.39 is 0 Å². The van der Waals surface area contributed by atoms with Gasteiger partial charge in [0.15, 0.2) is 0 Å². The summed E-state index contributed by atoms with van der Waals surface area (Å²) in [5.41, 5.74) is 21.5. The third-order valence-electron chi connectivity index (χ3n) is 16.9. The van der Waals surface area contributed by atoms with Crippen LogP contribution >= 0.6 is 0 Å². The lowest BCUT2D eigenvalue weighted by Crippen LogP contribution is -2.41. The first kappa shape index (κ1) is 41.8. The van der Waals surface area contributed by atoms with E-state index >= 15 is 0 Å². The number of aryl methyl sites for hydroxylation is 1. The van der Waals surface area contributed by atoms with Crippen molar-refractivity contribution in [3.8, 4) is 0 Å². The maximum absolute atomic E-state index is 7.66. The van der Waals surface area contributed by atoms with Crippen LogP contribution in [-0.4, -0.2) is 0 Å². The van der Waals surface area contributed by atoms with Crippen molar-refractivity contribution in [1.29, 1.82) is 0 Å². The van der Waals surface area contributed by atoms with Crippen molar-refractivity contribution in [2.24, 2.45) is 22.7 Å². The molecule has 0 radical (unpaired) electrons. The predicted octanol–water partition coefficient (Wildman–Crippen LogP) is 16.5. The molecule has 3 atom stereocenters. The van der Waals surface area contributed by atoms with Gasteiger partial charge in [0, 0.05) is 33.9 Å². The molecular weight excluding hydrogens is 753 g/mol. The minimum atomic E-state index is -0.0116. The molecule has 0 bridgehead atoms. The van der Waals surface area contributed by atoms with Gasteiger partial charge in [-0.1, -0.05) is 146 Å². The zero-order valence-electron chi connectivity index (χ0n) is 41.1. The summed E-state index contributed by atoms with van der Waals surface area (Å²) in [5, 5.41) is 0. The Morgan fingerprint density at radius 1 is 0.661 bits per heavy atom. The van der Waals surface area contributed by atoms with Crippen molar-refractivity contribution in [1.82, 2.24) is 0 Å². The lowest BCUT2D eigenvalue weighted by atomic mass is 9.55. The maximum Gasteiger partial charge on any atom is 0.141 e. The number of hydrogen-bond acceptors (Lipinski definition) is 3. The Bertz CT molecular complexity index is 2630. The standard InChI is InChI=1S/C59H74N2O/c1-34-27-47-51-48(28-34)61(45-22-19-37(29-35(45)2)55(6,7)8)52-40-31-42-44(59(15,16)26-24-57(42,11)12)33-49(40)62-53(52)50(51)39-30-41-43(58(13,14)25-23-56(41,9)10)32-46(39)60(47)38-20-17-36(18-21-38)54(3,4)5/h17-22,28-30,32-34,42,50H,23-27,31H2,1-16H3. The highest BCUT2D eigenvalue weighted by Gasteiger charge is 2.53. The van der Waals surface area contributed by atoms with Crippen LogP contribution in [-0.2, 0) is 28.1 Å². The first-order chi connectivity index (χ1) is 28.8. The number of rotatable bonds is 2. The fraction of sp³-hybridized carbons (Fsp3) is 0.525. The van der Waals surface area contributed by atoms with Crippen molar-refractivity contribution in [3.05, 3.63) is 134 Å². The highest BCUT2D eigenvalue weighted by molar-refractivity contribution is 5.90. The molecule has 0 amide bonds. The molecule has 2 aliphatic heterocycles. The van der Waals surface area contributed by atoms with E-state index in [1.807, 2.05) is 0 Å². The molecule has 3 aromatic carbocycles. The van der Waals surface area contributed by atoms with Crippen molar-refractivity contribution in [2.45, 2.75) is 177 Å². The Hall–Kier alpha value is -4.24. The quantitative estimate of drug-likeness (QED) is 0.201. The average molecular weight is 827 g/mol. The van der Waals surface area contributed by atoms with Crippen LogP contribution in [0.25, 0.3) is 6.08 Å². The Balaban J connectivity index is 1.31. The van der Waals surface area contributed by atoms with Crippen LogP contribution in [0.15, 0.2) is 87.6 Å². The Morgan fingerprint density at radius 3 is 1.90 bits per heavy atom. The van der Waals surface area contributed by atoms with Gasteiger partial charge >= 0.3 is 0 Å².